The van der Waals surface area contributed by atoms with Crippen molar-refractivity contribution in [2.45, 2.75) is 31.8 Å². The minimum absolute atomic E-state index is 0.0342. The van der Waals surface area contributed by atoms with Gasteiger partial charge in [0.15, 0.2) is 11.5 Å². The molecule has 8 heteroatoms. The van der Waals surface area contributed by atoms with Crippen molar-refractivity contribution in [3.05, 3.63) is 36.2 Å². The van der Waals surface area contributed by atoms with E-state index in [4.69, 9.17) is 9.47 Å². The van der Waals surface area contributed by atoms with Gasteiger partial charge in [-0.3, -0.25) is 4.79 Å². The lowest BCUT2D eigenvalue weighted by atomic mass is 9.92. The second-order valence-corrected chi connectivity index (χ2v) is 8.81. The Morgan fingerprint density at radius 1 is 1.17 bits per heavy atom. The van der Waals surface area contributed by atoms with Gasteiger partial charge in [-0.1, -0.05) is 31.7 Å². The zero-order valence-corrected chi connectivity index (χ0v) is 17.6. The smallest absolute Gasteiger partial charge is 0.231 e. The predicted octanol–water partition coefficient (Wildman–Crippen LogP) is 3.10. The Balaban J connectivity index is 1.28. The number of fused-ring (bicyclic) bond motifs is 1. The predicted molar refractivity (Wildman–Crippen MR) is 112 cm³/mol. The highest BCUT2D eigenvalue weighted by Crippen LogP contribution is 2.32. The molecule has 4 rings (SSSR count). The van der Waals surface area contributed by atoms with E-state index in [0.29, 0.717) is 24.1 Å². The first-order valence-corrected chi connectivity index (χ1v) is 10.9. The fourth-order valence-corrected chi connectivity index (χ4v) is 4.57. The average Bonchev–Trinajstić information content (AvgIpc) is 3.18. The third-order valence-corrected chi connectivity index (χ3v) is 6.02. The molecule has 1 aromatic heterocycles. The maximum atomic E-state index is 12.3. The molecule has 1 amide bonds. The number of nitrogens with zero attached hydrogens (tertiary/aromatic N) is 3. The van der Waals surface area contributed by atoms with Crippen molar-refractivity contribution in [2.24, 2.45) is 11.8 Å². The summed E-state index contributed by atoms with van der Waals surface area (Å²) in [5.41, 5.74) is 0.977. The van der Waals surface area contributed by atoms with Crippen molar-refractivity contribution in [1.82, 2.24) is 15.3 Å². The molecule has 2 aliphatic rings. The molecule has 1 aromatic carbocycles. The van der Waals surface area contributed by atoms with E-state index in [1.165, 1.54) is 18.2 Å². The average molecular weight is 415 g/mol. The lowest BCUT2D eigenvalue weighted by Gasteiger charge is -2.35. The summed E-state index contributed by atoms with van der Waals surface area (Å²) in [6.07, 6.45) is 2.85. The Hall–Kier alpha value is -2.48. The summed E-state index contributed by atoms with van der Waals surface area (Å²) in [6, 6.07) is 7.68. The van der Waals surface area contributed by atoms with Gasteiger partial charge in [0.1, 0.15) is 17.2 Å². The van der Waals surface area contributed by atoms with Crippen molar-refractivity contribution in [2.75, 3.05) is 30.5 Å². The highest BCUT2D eigenvalue weighted by atomic mass is 32.2. The van der Waals surface area contributed by atoms with Gasteiger partial charge >= 0.3 is 0 Å². The molecule has 154 valence electrons. The number of nitrogens with one attached hydrogen (secondary N) is 1. The van der Waals surface area contributed by atoms with Crippen molar-refractivity contribution >= 4 is 23.5 Å². The van der Waals surface area contributed by atoms with Crippen LogP contribution >= 0.6 is 11.8 Å². The van der Waals surface area contributed by atoms with Gasteiger partial charge in [0.25, 0.3) is 0 Å². The van der Waals surface area contributed by atoms with E-state index in [2.05, 4.69) is 34.0 Å². The fourth-order valence-electron chi connectivity index (χ4n) is 3.87. The summed E-state index contributed by atoms with van der Waals surface area (Å²) in [5.74, 6) is 4.01. The quantitative estimate of drug-likeness (QED) is 0.575. The molecule has 2 aliphatic heterocycles. The van der Waals surface area contributed by atoms with Crippen LogP contribution < -0.4 is 19.7 Å². The van der Waals surface area contributed by atoms with E-state index in [9.17, 15) is 4.79 Å². The first-order valence-electron chi connectivity index (χ1n) is 9.92. The van der Waals surface area contributed by atoms with Crippen LogP contribution in [0, 0.1) is 11.8 Å². The van der Waals surface area contributed by atoms with Gasteiger partial charge in [0.2, 0.25) is 12.7 Å². The van der Waals surface area contributed by atoms with Crippen LogP contribution in [0.5, 0.6) is 11.5 Å². The largest absolute Gasteiger partial charge is 0.454 e. The number of thioether (sulfide) groups is 1. The fraction of sp³-hybridized carbons (Fsp3) is 0.476. The van der Waals surface area contributed by atoms with Crippen molar-refractivity contribution in [1.29, 1.82) is 0 Å². The molecule has 2 unspecified atom stereocenters. The number of benzene rings is 1. The summed E-state index contributed by atoms with van der Waals surface area (Å²) in [7, 11) is 0. The summed E-state index contributed by atoms with van der Waals surface area (Å²) in [5, 5.41) is 3.76. The molecule has 29 heavy (non-hydrogen) atoms. The topological polar surface area (TPSA) is 76.6 Å². The molecule has 0 radical (unpaired) electrons. The number of carbonyl (C=O) groups excluding carboxylic acids is 1. The monoisotopic (exact) mass is 414 g/mol. The molecular weight excluding hydrogens is 388 g/mol. The van der Waals surface area contributed by atoms with E-state index in [-0.39, 0.29) is 12.7 Å². The van der Waals surface area contributed by atoms with E-state index < -0.39 is 0 Å². The third kappa shape index (κ3) is 5.12. The zero-order valence-electron chi connectivity index (χ0n) is 16.8. The molecule has 1 N–H and O–H groups in total. The number of carbonyl (C=O) groups is 1. The minimum atomic E-state index is -0.0342. The van der Waals surface area contributed by atoms with E-state index in [1.807, 2.05) is 24.3 Å². The molecule has 2 atom stereocenters. The van der Waals surface area contributed by atoms with E-state index in [1.54, 1.807) is 6.33 Å². The van der Waals surface area contributed by atoms with E-state index >= 15 is 0 Å². The number of anilines is 1. The Kier molecular flexibility index (Phi) is 6.08. The van der Waals surface area contributed by atoms with Crippen LogP contribution in [0.3, 0.4) is 0 Å². The molecule has 0 bridgehead atoms. The number of piperidine rings is 1. The highest BCUT2D eigenvalue weighted by Gasteiger charge is 2.23. The van der Waals surface area contributed by atoms with Gasteiger partial charge in [-0.15, -0.1) is 0 Å². The molecular formula is C21H26N4O3S. The summed E-state index contributed by atoms with van der Waals surface area (Å²) in [4.78, 5) is 23.3. The number of hydrogen-bond acceptors (Lipinski definition) is 7. The lowest BCUT2D eigenvalue weighted by Crippen LogP contribution is -2.39. The molecule has 7 nitrogen and oxygen atoms in total. The van der Waals surface area contributed by atoms with Crippen LogP contribution in [-0.4, -0.2) is 41.5 Å². The number of hydrogen-bond donors (Lipinski definition) is 1. The van der Waals surface area contributed by atoms with Crippen molar-refractivity contribution < 1.29 is 14.3 Å². The van der Waals surface area contributed by atoms with Crippen LogP contribution in [0.2, 0.25) is 0 Å². The summed E-state index contributed by atoms with van der Waals surface area (Å²) < 4.78 is 10.7. The number of ether oxygens (including phenoxy) is 2. The standard InChI is InChI=1S/C21H26N4O3S/c1-14-5-15(2)10-25(9-14)19-7-21(24-12-23-19)29-11-20(26)22-8-16-3-4-17-18(6-16)28-13-27-17/h3-4,6-7,12,14-15H,5,8-11,13H2,1-2H3,(H,22,26). The normalized spacial score (nSPS) is 20.6. The van der Waals surface area contributed by atoms with Crippen molar-refractivity contribution in [3.8, 4) is 11.5 Å². The van der Waals surface area contributed by atoms with Crippen molar-refractivity contribution in [3.63, 3.8) is 0 Å². The Morgan fingerprint density at radius 3 is 2.79 bits per heavy atom. The van der Waals surface area contributed by atoms with Crippen LogP contribution in [0.4, 0.5) is 5.82 Å². The Labute approximate surface area is 175 Å². The molecule has 0 spiro atoms. The third-order valence-electron chi connectivity index (χ3n) is 5.10. The maximum Gasteiger partial charge on any atom is 0.231 e. The summed E-state index contributed by atoms with van der Waals surface area (Å²) >= 11 is 1.43. The maximum absolute atomic E-state index is 12.3. The molecule has 1 saturated heterocycles. The Morgan fingerprint density at radius 2 is 1.97 bits per heavy atom. The zero-order chi connectivity index (χ0) is 20.2. The molecule has 0 aliphatic carbocycles. The van der Waals surface area contributed by atoms with Crippen LogP contribution in [0.1, 0.15) is 25.8 Å². The lowest BCUT2D eigenvalue weighted by molar-refractivity contribution is -0.118. The van der Waals surface area contributed by atoms with Gasteiger partial charge in [0, 0.05) is 25.7 Å². The van der Waals surface area contributed by atoms with E-state index in [0.717, 1.165) is 41.0 Å². The van der Waals surface area contributed by atoms with Crippen LogP contribution in [0.15, 0.2) is 35.6 Å². The second-order valence-electron chi connectivity index (χ2n) is 7.82. The van der Waals surface area contributed by atoms with Gasteiger partial charge in [-0.25, -0.2) is 9.97 Å². The molecule has 2 aromatic rings. The molecule has 1 fully saturated rings. The SMILES string of the molecule is CC1CC(C)CN(c2cc(SCC(=O)NCc3ccc4c(c3)OCO4)ncn2)C1. The minimum Gasteiger partial charge on any atom is -0.454 e. The first kappa shape index (κ1) is 19.8. The summed E-state index contributed by atoms with van der Waals surface area (Å²) in [6.45, 7) is 7.30. The van der Waals surface area contributed by atoms with Gasteiger partial charge in [0.05, 0.1) is 5.75 Å². The van der Waals surface area contributed by atoms with Gasteiger partial charge in [-0.05, 0) is 36.0 Å². The first-order chi connectivity index (χ1) is 14.1. The van der Waals surface area contributed by atoms with Gasteiger partial charge < -0.3 is 19.7 Å². The van der Waals surface area contributed by atoms with Crippen LogP contribution in [-0.2, 0) is 11.3 Å². The molecule has 3 heterocycles. The number of aromatic nitrogens is 2. The van der Waals surface area contributed by atoms with Gasteiger partial charge in [-0.2, -0.15) is 0 Å². The molecule has 0 saturated carbocycles. The Bertz CT molecular complexity index is 869. The number of amides is 1. The van der Waals surface area contributed by atoms with Crippen LogP contribution in [0.25, 0.3) is 0 Å². The second kappa shape index (κ2) is 8.90. The highest BCUT2D eigenvalue weighted by molar-refractivity contribution is 7.99. The number of rotatable bonds is 6.